The Morgan fingerprint density at radius 2 is 1.74 bits per heavy atom. The summed E-state index contributed by atoms with van der Waals surface area (Å²) in [6, 6.07) is 0. The summed E-state index contributed by atoms with van der Waals surface area (Å²) in [5, 5.41) is 18.0. The van der Waals surface area contributed by atoms with Gasteiger partial charge in [0.25, 0.3) is 0 Å². The van der Waals surface area contributed by atoms with Gasteiger partial charge < -0.3 is 10.2 Å². The predicted octanol–water partition coefficient (Wildman–Crippen LogP) is 3.55. The van der Waals surface area contributed by atoms with Crippen LogP contribution in [0.15, 0.2) is 0 Å². The molecule has 1 aliphatic carbocycles. The van der Waals surface area contributed by atoms with Crippen LogP contribution in [0.3, 0.4) is 0 Å². The van der Waals surface area contributed by atoms with Gasteiger partial charge in [-0.25, -0.2) is 0 Å². The highest BCUT2D eigenvalue weighted by Crippen LogP contribution is 2.44. The van der Waals surface area contributed by atoms with E-state index in [0.29, 0.717) is 12.3 Å². The summed E-state index contributed by atoms with van der Waals surface area (Å²) in [7, 11) is 0. The second-order valence-electron chi connectivity index (χ2n) is 6.31. The van der Waals surface area contributed by atoms with Crippen molar-refractivity contribution in [2.24, 2.45) is 17.3 Å². The molecular formula is C15H26O4. The molecule has 0 aliphatic heterocycles. The van der Waals surface area contributed by atoms with Gasteiger partial charge in [0, 0.05) is 6.42 Å². The Kier molecular flexibility index (Phi) is 5.83. The zero-order chi connectivity index (χ0) is 14.5. The standard InChI is InChI=1S/C15H26O4/c1-11(12-6-4-3-5-7-12)15(2,10-14(18)19)9-8-13(16)17/h11-12H,3-10H2,1-2H3,(H,16,17)(H,18,19)/t11-,15-/m1/s1. The number of rotatable bonds is 7. The molecule has 4 nitrogen and oxygen atoms in total. The molecule has 4 heteroatoms. The van der Waals surface area contributed by atoms with E-state index in [0.717, 1.165) is 12.8 Å². The smallest absolute Gasteiger partial charge is 0.303 e. The molecule has 110 valence electrons. The van der Waals surface area contributed by atoms with Crippen LogP contribution in [0, 0.1) is 17.3 Å². The Labute approximate surface area is 115 Å². The fourth-order valence-electron chi connectivity index (χ4n) is 3.42. The molecule has 0 heterocycles. The number of carboxylic acid groups (broad SMARTS) is 2. The lowest BCUT2D eigenvalue weighted by Gasteiger charge is -2.40. The van der Waals surface area contributed by atoms with Crippen LogP contribution >= 0.6 is 0 Å². The first-order chi connectivity index (χ1) is 8.85. The number of aliphatic carboxylic acids is 2. The lowest BCUT2D eigenvalue weighted by atomic mass is 9.64. The first-order valence-electron chi connectivity index (χ1n) is 7.29. The molecule has 0 aromatic rings. The van der Waals surface area contributed by atoms with Gasteiger partial charge in [0.15, 0.2) is 0 Å². The van der Waals surface area contributed by atoms with Gasteiger partial charge in [-0.15, -0.1) is 0 Å². The molecule has 0 saturated heterocycles. The summed E-state index contributed by atoms with van der Waals surface area (Å²) >= 11 is 0. The minimum Gasteiger partial charge on any atom is -0.481 e. The fraction of sp³-hybridized carbons (Fsp3) is 0.867. The number of carbonyl (C=O) groups is 2. The van der Waals surface area contributed by atoms with Crippen molar-refractivity contribution in [2.75, 3.05) is 0 Å². The van der Waals surface area contributed by atoms with E-state index in [4.69, 9.17) is 10.2 Å². The molecule has 1 saturated carbocycles. The summed E-state index contributed by atoms with van der Waals surface area (Å²) < 4.78 is 0. The molecular weight excluding hydrogens is 244 g/mol. The highest BCUT2D eigenvalue weighted by Gasteiger charge is 2.38. The van der Waals surface area contributed by atoms with Crippen LogP contribution in [0.25, 0.3) is 0 Å². The Morgan fingerprint density at radius 3 is 2.21 bits per heavy atom. The molecule has 0 aromatic heterocycles. The van der Waals surface area contributed by atoms with Crippen molar-refractivity contribution < 1.29 is 19.8 Å². The molecule has 0 spiro atoms. The molecule has 19 heavy (non-hydrogen) atoms. The number of hydrogen-bond donors (Lipinski definition) is 2. The SMILES string of the molecule is C[C@H](C1CCCCC1)[C@](C)(CCC(=O)O)CC(=O)O. The van der Waals surface area contributed by atoms with Crippen LogP contribution in [-0.2, 0) is 9.59 Å². The van der Waals surface area contributed by atoms with E-state index in [-0.39, 0.29) is 18.8 Å². The van der Waals surface area contributed by atoms with Gasteiger partial charge in [-0.05, 0) is 23.7 Å². The van der Waals surface area contributed by atoms with Gasteiger partial charge in [-0.2, -0.15) is 0 Å². The predicted molar refractivity (Wildman–Crippen MR) is 73.0 cm³/mol. The topological polar surface area (TPSA) is 74.6 Å². The summed E-state index contributed by atoms with van der Waals surface area (Å²) in [5.41, 5.74) is -0.410. The third kappa shape index (κ3) is 4.84. The van der Waals surface area contributed by atoms with Gasteiger partial charge >= 0.3 is 11.9 Å². The lowest BCUT2D eigenvalue weighted by molar-refractivity contribution is -0.143. The molecule has 2 N–H and O–H groups in total. The highest BCUT2D eigenvalue weighted by atomic mass is 16.4. The van der Waals surface area contributed by atoms with Crippen molar-refractivity contribution in [3.05, 3.63) is 0 Å². The van der Waals surface area contributed by atoms with Crippen LogP contribution in [-0.4, -0.2) is 22.2 Å². The van der Waals surface area contributed by atoms with E-state index in [1.165, 1.54) is 19.3 Å². The molecule has 0 unspecified atom stereocenters. The van der Waals surface area contributed by atoms with Crippen LogP contribution in [0.2, 0.25) is 0 Å². The maximum Gasteiger partial charge on any atom is 0.303 e. The number of hydrogen-bond acceptors (Lipinski definition) is 2. The van der Waals surface area contributed by atoms with E-state index in [9.17, 15) is 9.59 Å². The normalized spacial score (nSPS) is 21.6. The van der Waals surface area contributed by atoms with Crippen molar-refractivity contribution in [1.82, 2.24) is 0 Å². The minimum atomic E-state index is -0.840. The first-order valence-corrected chi connectivity index (χ1v) is 7.29. The molecule has 1 aliphatic rings. The quantitative estimate of drug-likeness (QED) is 0.742. The van der Waals surface area contributed by atoms with Crippen LogP contribution in [0.5, 0.6) is 0 Å². The van der Waals surface area contributed by atoms with Crippen LogP contribution in [0.4, 0.5) is 0 Å². The largest absolute Gasteiger partial charge is 0.481 e. The monoisotopic (exact) mass is 270 g/mol. The molecule has 2 atom stereocenters. The maximum atomic E-state index is 11.1. The molecule has 0 radical (unpaired) electrons. The van der Waals surface area contributed by atoms with E-state index in [1.807, 2.05) is 6.92 Å². The second kappa shape index (κ2) is 6.92. The zero-order valence-electron chi connectivity index (χ0n) is 12.0. The van der Waals surface area contributed by atoms with Gasteiger partial charge in [-0.3, -0.25) is 9.59 Å². The van der Waals surface area contributed by atoms with Crippen molar-refractivity contribution in [1.29, 1.82) is 0 Å². The fourth-order valence-corrected chi connectivity index (χ4v) is 3.42. The Hall–Kier alpha value is -1.06. The molecule has 1 rings (SSSR count). The Bertz CT molecular complexity index is 320. The average molecular weight is 270 g/mol. The van der Waals surface area contributed by atoms with Crippen LogP contribution < -0.4 is 0 Å². The summed E-state index contributed by atoms with van der Waals surface area (Å²) in [4.78, 5) is 21.9. The molecule has 0 aromatic carbocycles. The third-order valence-electron chi connectivity index (χ3n) is 4.92. The van der Waals surface area contributed by atoms with Gasteiger partial charge in [0.1, 0.15) is 0 Å². The van der Waals surface area contributed by atoms with E-state index in [1.54, 1.807) is 0 Å². The first kappa shape index (κ1) is 16.0. The summed E-state index contributed by atoms with van der Waals surface area (Å²) in [6.45, 7) is 4.06. The lowest BCUT2D eigenvalue weighted by Crippen LogP contribution is -2.35. The van der Waals surface area contributed by atoms with Crippen LogP contribution in [0.1, 0.15) is 65.2 Å². The van der Waals surface area contributed by atoms with Gasteiger partial charge in [0.05, 0.1) is 6.42 Å². The van der Waals surface area contributed by atoms with Crippen molar-refractivity contribution in [3.8, 4) is 0 Å². The minimum absolute atomic E-state index is 0.0564. The van der Waals surface area contributed by atoms with Crippen molar-refractivity contribution >= 4 is 11.9 Å². The van der Waals surface area contributed by atoms with E-state index >= 15 is 0 Å². The number of carboxylic acids is 2. The van der Waals surface area contributed by atoms with E-state index < -0.39 is 17.4 Å². The van der Waals surface area contributed by atoms with Gasteiger partial charge in [-0.1, -0.05) is 46.0 Å². The molecule has 0 amide bonds. The molecule has 1 fully saturated rings. The highest BCUT2D eigenvalue weighted by molar-refractivity contribution is 5.69. The Morgan fingerprint density at radius 1 is 1.16 bits per heavy atom. The Balaban J connectivity index is 2.74. The van der Waals surface area contributed by atoms with Crippen molar-refractivity contribution in [3.63, 3.8) is 0 Å². The second-order valence-corrected chi connectivity index (χ2v) is 6.31. The van der Waals surface area contributed by atoms with Gasteiger partial charge in [0.2, 0.25) is 0 Å². The zero-order valence-corrected chi connectivity index (χ0v) is 12.0. The molecule has 0 bridgehead atoms. The summed E-state index contributed by atoms with van der Waals surface area (Å²) in [5.74, 6) is -0.849. The average Bonchev–Trinajstić information content (AvgIpc) is 2.36. The summed E-state index contributed by atoms with van der Waals surface area (Å²) in [6.07, 6.45) is 6.60. The van der Waals surface area contributed by atoms with Crippen molar-refractivity contribution in [2.45, 2.75) is 65.2 Å². The third-order valence-corrected chi connectivity index (χ3v) is 4.92. The van der Waals surface area contributed by atoms with E-state index in [2.05, 4.69) is 6.92 Å². The maximum absolute atomic E-state index is 11.1.